The molecular weight excluding hydrogens is 192 g/mol. The van der Waals surface area contributed by atoms with Crippen molar-refractivity contribution in [2.45, 2.75) is 6.92 Å². The van der Waals surface area contributed by atoms with Crippen LogP contribution in [-0.4, -0.2) is 24.5 Å². The second kappa shape index (κ2) is 4.96. The number of amides is 1. The number of carbonyl (C=O) groups is 1. The Hall–Kier alpha value is -2.09. The molecule has 0 fully saturated rings. The first-order valence-electron chi connectivity index (χ1n) is 4.49. The Balaban J connectivity index is 2.82. The van der Waals surface area contributed by atoms with Gasteiger partial charge >= 0.3 is 0 Å². The number of pyridine rings is 1. The maximum Gasteiger partial charge on any atom is 0.239 e. The molecule has 1 heterocycles. The lowest BCUT2D eigenvalue weighted by Crippen LogP contribution is -2.26. The van der Waals surface area contributed by atoms with Crippen molar-refractivity contribution in [2.75, 3.05) is 18.9 Å². The Morgan fingerprint density at radius 3 is 3.00 bits per heavy atom. The van der Waals surface area contributed by atoms with Crippen LogP contribution in [0.1, 0.15) is 11.1 Å². The molecule has 0 atom stereocenters. The number of nitrogens with one attached hydrogen (secondary N) is 2. The van der Waals surface area contributed by atoms with Gasteiger partial charge in [0.05, 0.1) is 12.1 Å². The topological polar surface area (TPSA) is 77.8 Å². The van der Waals surface area contributed by atoms with Gasteiger partial charge in [0.1, 0.15) is 11.9 Å². The zero-order valence-electron chi connectivity index (χ0n) is 8.66. The number of hydrogen-bond donors (Lipinski definition) is 2. The van der Waals surface area contributed by atoms with E-state index in [4.69, 9.17) is 5.26 Å². The quantitative estimate of drug-likeness (QED) is 0.748. The number of anilines is 1. The molecule has 1 aromatic heterocycles. The Kier molecular flexibility index (Phi) is 3.63. The molecule has 0 aromatic carbocycles. The molecule has 5 nitrogen and oxygen atoms in total. The Labute approximate surface area is 88.1 Å². The molecular formula is C10H12N4O. The summed E-state index contributed by atoms with van der Waals surface area (Å²) in [5.41, 5.74) is 1.31. The Morgan fingerprint density at radius 1 is 1.67 bits per heavy atom. The third kappa shape index (κ3) is 2.68. The second-order valence-corrected chi connectivity index (χ2v) is 2.99. The van der Waals surface area contributed by atoms with Crippen molar-refractivity contribution in [1.82, 2.24) is 10.3 Å². The molecule has 0 unspecified atom stereocenters. The summed E-state index contributed by atoms with van der Waals surface area (Å²) in [6, 6.07) is 3.80. The van der Waals surface area contributed by atoms with Crippen molar-refractivity contribution in [1.29, 1.82) is 5.26 Å². The van der Waals surface area contributed by atoms with Crippen molar-refractivity contribution >= 4 is 11.7 Å². The van der Waals surface area contributed by atoms with E-state index in [1.54, 1.807) is 19.3 Å². The molecule has 0 spiro atoms. The van der Waals surface area contributed by atoms with Crippen LogP contribution < -0.4 is 10.6 Å². The maximum absolute atomic E-state index is 11.0. The zero-order valence-corrected chi connectivity index (χ0v) is 8.66. The van der Waals surface area contributed by atoms with Crippen LogP contribution in [0.5, 0.6) is 0 Å². The summed E-state index contributed by atoms with van der Waals surface area (Å²) in [4.78, 5) is 15.0. The first-order valence-corrected chi connectivity index (χ1v) is 4.49. The molecule has 1 aromatic rings. The normalized spacial score (nSPS) is 9.13. The standard InChI is InChI=1S/C10H12N4O/c1-7-3-4-13-10(8(7)5-11)14-6-9(15)12-2/h3-4H,6H2,1-2H3,(H,12,15)(H,13,14). The molecule has 0 radical (unpaired) electrons. The van der Waals surface area contributed by atoms with Gasteiger partial charge in [-0.25, -0.2) is 4.98 Å². The predicted molar refractivity (Wildman–Crippen MR) is 56.2 cm³/mol. The SMILES string of the molecule is CNC(=O)CNc1nccc(C)c1C#N. The van der Waals surface area contributed by atoms with Crippen LogP contribution in [0.25, 0.3) is 0 Å². The van der Waals surface area contributed by atoms with Gasteiger partial charge in [0.15, 0.2) is 0 Å². The van der Waals surface area contributed by atoms with Gasteiger partial charge in [-0.2, -0.15) is 5.26 Å². The largest absolute Gasteiger partial charge is 0.360 e. The van der Waals surface area contributed by atoms with Gasteiger partial charge in [-0.1, -0.05) is 0 Å². The van der Waals surface area contributed by atoms with Gasteiger partial charge in [-0.3, -0.25) is 4.79 Å². The van der Waals surface area contributed by atoms with Crippen LogP contribution in [0.4, 0.5) is 5.82 Å². The van der Waals surface area contributed by atoms with E-state index in [0.717, 1.165) is 5.56 Å². The van der Waals surface area contributed by atoms with E-state index in [2.05, 4.69) is 15.6 Å². The molecule has 78 valence electrons. The number of carbonyl (C=O) groups excluding carboxylic acids is 1. The van der Waals surface area contributed by atoms with E-state index in [1.807, 2.05) is 13.0 Å². The van der Waals surface area contributed by atoms with Gasteiger partial charge in [-0.05, 0) is 18.6 Å². The van der Waals surface area contributed by atoms with E-state index >= 15 is 0 Å². The molecule has 15 heavy (non-hydrogen) atoms. The fraction of sp³-hybridized carbons (Fsp3) is 0.300. The van der Waals surface area contributed by atoms with E-state index in [1.165, 1.54) is 0 Å². The van der Waals surface area contributed by atoms with Crippen molar-refractivity contribution in [3.05, 3.63) is 23.4 Å². The number of aromatic nitrogens is 1. The van der Waals surface area contributed by atoms with Crippen molar-refractivity contribution in [3.8, 4) is 6.07 Å². The molecule has 0 aliphatic carbocycles. The van der Waals surface area contributed by atoms with Crippen LogP contribution in [0.3, 0.4) is 0 Å². The summed E-state index contributed by atoms with van der Waals surface area (Å²) in [6.07, 6.45) is 1.60. The van der Waals surface area contributed by atoms with Crippen LogP contribution in [0.15, 0.2) is 12.3 Å². The summed E-state index contributed by atoms with van der Waals surface area (Å²) in [6.45, 7) is 1.94. The molecule has 1 amide bonds. The maximum atomic E-state index is 11.0. The number of rotatable bonds is 3. The lowest BCUT2D eigenvalue weighted by molar-refractivity contribution is -0.118. The molecule has 0 aliphatic heterocycles. The molecule has 1 rings (SSSR count). The highest BCUT2D eigenvalue weighted by molar-refractivity contribution is 5.80. The van der Waals surface area contributed by atoms with Gasteiger partial charge in [0.2, 0.25) is 5.91 Å². The molecule has 2 N–H and O–H groups in total. The molecule has 0 saturated carbocycles. The molecule has 0 saturated heterocycles. The summed E-state index contributed by atoms with van der Waals surface area (Å²) >= 11 is 0. The van der Waals surface area contributed by atoms with Crippen LogP contribution in [0.2, 0.25) is 0 Å². The lowest BCUT2D eigenvalue weighted by Gasteiger charge is -2.07. The third-order valence-electron chi connectivity index (χ3n) is 1.97. The number of aryl methyl sites for hydroxylation is 1. The van der Waals surface area contributed by atoms with Crippen LogP contribution in [-0.2, 0) is 4.79 Å². The molecule has 5 heteroatoms. The van der Waals surface area contributed by atoms with Crippen molar-refractivity contribution < 1.29 is 4.79 Å². The zero-order chi connectivity index (χ0) is 11.3. The van der Waals surface area contributed by atoms with Crippen molar-refractivity contribution in [2.24, 2.45) is 0 Å². The number of nitriles is 1. The van der Waals surface area contributed by atoms with E-state index in [0.29, 0.717) is 11.4 Å². The predicted octanol–water partition coefficient (Wildman–Crippen LogP) is 0.420. The summed E-state index contributed by atoms with van der Waals surface area (Å²) < 4.78 is 0. The summed E-state index contributed by atoms with van der Waals surface area (Å²) in [7, 11) is 1.55. The average molecular weight is 204 g/mol. The van der Waals surface area contributed by atoms with Crippen LogP contribution in [0, 0.1) is 18.3 Å². The molecule has 0 bridgehead atoms. The first kappa shape index (κ1) is 11.0. The van der Waals surface area contributed by atoms with E-state index in [9.17, 15) is 4.79 Å². The Morgan fingerprint density at radius 2 is 2.40 bits per heavy atom. The van der Waals surface area contributed by atoms with E-state index in [-0.39, 0.29) is 12.5 Å². The fourth-order valence-electron chi connectivity index (χ4n) is 1.09. The highest BCUT2D eigenvalue weighted by Crippen LogP contribution is 2.14. The van der Waals surface area contributed by atoms with Gasteiger partial charge in [0.25, 0.3) is 0 Å². The monoisotopic (exact) mass is 204 g/mol. The van der Waals surface area contributed by atoms with Gasteiger partial charge in [0, 0.05) is 13.2 Å². The fourth-order valence-corrected chi connectivity index (χ4v) is 1.09. The number of nitrogens with zero attached hydrogens (tertiary/aromatic N) is 2. The lowest BCUT2D eigenvalue weighted by atomic mass is 10.1. The smallest absolute Gasteiger partial charge is 0.239 e. The molecule has 0 aliphatic rings. The number of likely N-dealkylation sites (N-methyl/N-ethyl adjacent to an activating group) is 1. The first-order chi connectivity index (χ1) is 7.19. The minimum absolute atomic E-state index is 0.113. The summed E-state index contributed by atoms with van der Waals surface area (Å²) in [5, 5.41) is 14.2. The van der Waals surface area contributed by atoms with E-state index < -0.39 is 0 Å². The van der Waals surface area contributed by atoms with Gasteiger partial charge in [-0.15, -0.1) is 0 Å². The third-order valence-corrected chi connectivity index (χ3v) is 1.97. The highest BCUT2D eigenvalue weighted by Gasteiger charge is 2.06. The van der Waals surface area contributed by atoms with Crippen molar-refractivity contribution in [3.63, 3.8) is 0 Å². The minimum atomic E-state index is -0.151. The van der Waals surface area contributed by atoms with Crippen LogP contribution >= 0.6 is 0 Å². The average Bonchev–Trinajstić information content (AvgIpc) is 2.25. The number of hydrogen-bond acceptors (Lipinski definition) is 4. The Bertz CT molecular complexity index is 408. The highest BCUT2D eigenvalue weighted by atomic mass is 16.1. The minimum Gasteiger partial charge on any atom is -0.360 e. The van der Waals surface area contributed by atoms with Gasteiger partial charge < -0.3 is 10.6 Å². The summed E-state index contributed by atoms with van der Waals surface area (Å²) in [5.74, 6) is 0.295. The second-order valence-electron chi connectivity index (χ2n) is 2.99.